The van der Waals surface area contributed by atoms with E-state index in [-0.39, 0.29) is 6.61 Å². The Morgan fingerprint density at radius 2 is 1.97 bits per heavy atom. The minimum atomic E-state index is -0.528. The molecule has 0 amide bonds. The van der Waals surface area contributed by atoms with Gasteiger partial charge in [-0.1, -0.05) is 19.4 Å². The van der Waals surface area contributed by atoms with E-state index in [0.717, 1.165) is 18.4 Å². The number of hydrogen-bond acceptors (Lipinski definition) is 6. The first-order chi connectivity index (χ1) is 14.4. The van der Waals surface area contributed by atoms with Crippen LogP contribution in [0, 0.1) is 6.92 Å². The first kappa shape index (κ1) is 21.4. The number of carbonyl (C=O) groups excluding carboxylic acids is 1. The van der Waals surface area contributed by atoms with Crippen LogP contribution in [0.1, 0.15) is 48.4 Å². The van der Waals surface area contributed by atoms with Crippen LogP contribution < -0.4 is 16.0 Å². The fraction of sp³-hybridized carbons (Fsp3) is 0.429. The molecule has 0 unspecified atom stereocenters. The van der Waals surface area contributed by atoms with Gasteiger partial charge in [-0.25, -0.2) is 14.6 Å². The van der Waals surface area contributed by atoms with E-state index in [1.165, 1.54) is 11.7 Å². The van der Waals surface area contributed by atoms with Crippen LogP contribution in [-0.2, 0) is 24.4 Å². The molecule has 3 rings (SSSR count). The molecule has 0 saturated heterocycles. The van der Waals surface area contributed by atoms with Gasteiger partial charge in [0.15, 0.2) is 11.2 Å². The number of aryl methyl sites for hydroxylation is 3. The molecule has 3 aromatic rings. The number of aromatic nitrogens is 4. The summed E-state index contributed by atoms with van der Waals surface area (Å²) in [5, 5.41) is 0. The highest BCUT2D eigenvalue weighted by atomic mass is 16.5. The normalized spacial score (nSPS) is 11.1. The van der Waals surface area contributed by atoms with E-state index in [0.29, 0.717) is 41.4 Å². The van der Waals surface area contributed by atoms with Crippen LogP contribution in [0.15, 0.2) is 27.8 Å². The van der Waals surface area contributed by atoms with Gasteiger partial charge in [0.05, 0.1) is 12.7 Å². The molecule has 0 saturated carbocycles. The summed E-state index contributed by atoms with van der Waals surface area (Å²) in [5.41, 5.74) is 0.883. The molecule has 9 heteroatoms. The lowest BCUT2D eigenvalue weighted by atomic mass is 10.1. The molecule has 0 fully saturated rings. The number of nitrogens with one attached hydrogen (secondary N) is 1. The molecule has 0 aliphatic rings. The number of nitrogens with zero attached hydrogens (tertiary/aromatic N) is 3. The van der Waals surface area contributed by atoms with Crippen LogP contribution in [0.4, 0.5) is 0 Å². The van der Waals surface area contributed by atoms with E-state index >= 15 is 0 Å². The Bertz CT molecular complexity index is 1190. The maximum absolute atomic E-state index is 12.5. The van der Waals surface area contributed by atoms with E-state index in [2.05, 4.69) is 9.97 Å². The number of benzene rings is 1. The van der Waals surface area contributed by atoms with Gasteiger partial charge in [0.2, 0.25) is 0 Å². The minimum absolute atomic E-state index is 0.126. The lowest BCUT2D eigenvalue weighted by Gasteiger charge is -2.09. The highest BCUT2D eigenvalue weighted by molar-refractivity contribution is 5.90. The van der Waals surface area contributed by atoms with Crippen molar-refractivity contribution in [1.82, 2.24) is 19.1 Å². The number of imidazole rings is 1. The number of ether oxygens (including phenoxy) is 2. The second-order valence-electron chi connectivity index (χ2n) is 6.97. The van der Waals surface area contributed by atoms with Gasteiger partial charge in [0.1, 0.15) is 18.2 Å². The number of fused-ring (bicyclic) bond motifs is 1. The Kier molecular flexibility index (Phi) is 6.39. The minimum Gasteiger partial charge on any atom is -0.496 e. The van der Waals surface area contributed by atoms with Crippen LogP contribution in [0.5, 0.6) is 5.75 Å². The van der Waals surface area contributed by atoms with Crippen LogP contribution >= 0.6 is 0 Å². The molecule has 0 aliphatic heterocycles. The van der Waals surface area contributed by atoms with E-state index < -0.39 is 17.2 Å². The number of esters is 1. The van der Waals surface area contributed by atoms with Crippen molar-refractivity contribution in [3.05, 3.63) is 56.0 Å². The molecule has 0 radical (unpaired) electrons. The van der Waals surface area contributed by atoms with Gasteiger partial charge >= 0.3 is 11.7 Å². The maximum atomic E-state index is 12.5. The van der Waals surface area contributed by atoms with Gasteiger partial charge in [-0.15, -0.1) is 0 Å². The van der Waals surface area contributed by atoms with Gasteiger partial charge in [-0.05, 0) is 38.0 Å². The average molecular weight is 414 g/mol. The van der Waals surface area contributed by atoms with Crippen LogP contribution in [0.25, 0.3) is 11.2 Å². The smallest absolute Gasteiger partial charge is 0.338 e. The zero-order valence-electron chi connectivity index (χ0n) is 17.7. The molecule has 2 heterocycles. The maximum Gasteiger partial charge on any atom is 0.338 e. The van der Waals surface area contributed by atoms with Crippen molar-refractivity contribution in [3.8, 4) is 5.75 Å². The van der Waals surface area contributed by atoms with Crippen molar-refractivity contribution in [2.24, 2.45) is 0 Å². The van der Waals surface area contributed by atoms with Crippen molar-refractivity contribution < 1.29 is 14.3 Å². The molecule has 0 atom stereocenters. The molecule has 9 nitrogen and oxygen atoms in total. The third-order valence-corrected chi connectivity index (χ3v) is 4.99. The summed E-state index contributed by atoms with van der Waals surface area (Å²) < 4.78 is 13.8. The number of unbranched alkanes of at least 4 members (excludes halogenated alkanes) is 1. The molecule has 0 bridgehead atoms. The number of H-pyrrole nitrogens is 1. The summed E-state index contributed by atoms with van der Waals surface area (Å²) in [4.78, 5) is 44.0. The largest absolute Gasteiger partial charge is 0.496 e. The predicted molar refractivity (Wildman–Crippen MR) is 112 cm³/mol. The fourth-order valence-corrected chi connectivity index (χ4v) is 3.35. The zero-order chi connectivity index (χ0) is 21.8. The molecule has 30 heavy (non-hydrogen) atoms. The van der Waals surface area contributed by atoms with E-state index in [1.54, 1.807) is 22.8 Å². The molecular formula is C21H26N4O5. The number of rotatable bonds is 8. The summed E-state index contributed by atoms with van der Waals surface area (Å²) in [7, 11) is 1.54. The van der Waals surface area contributed by atoms with E-state index in [1.807, 2.05) is 20.8 Å². The molecule has 160 valence electrons. The summed E-state index contributed by atoms with van der Waals surface area (Å²) in [6, 6.07) is 5.06. The second-order valence-corrected chi connectivity index (χ2v) is 6.97. The summed E-state index contributed by atoms with van der Waals surface area (Å²) in [5.74, 6) is 0.471. The molecule has 1 N–H and O–H groups in total. The van der Waals surface area contributed by atoms with E-state index in [9.17, 15) is 14.4 Å². The number of hydrogen-bond donors (Lipinski definition) is 1. The van der Waals surface area contributed by atoms with Crippen LogP contribution in [-0.4, -0.2) is 32.2 Å². The average Bonchev–Trinajstić information content (AvgIpc) is 3.11. The van der Waals surface area contributed by atoms with Crippen LogP contribution in [0.2, 0.25) is 0 Å². The third-order valence-electron chi connectivity index (χ3n) is 4.99. The molecule has 1 aromatic carbocycles. The Morgan fingerprint density at radius 1 is 1.20 bits per heavy atom. The lowest BCUT2D eigenvalue weighted by Crippen LogP contribution is -2.31. The fourth-order valence-electron chi connectivity index (χ4n) is 3.35. The number of methoxy groups -OCH3 is 1. The third kappa shape index (κ3) is 4.00. The van der Waals surface area contributed by atoms with Gasteiger partial charge in [0.25, 0.3) is 5.56 Å². The van der Waals surface area contributed by atoms with Crippen LogP contribution in [0.3, 0.4) is 0 Å². The lowest BCUT2D eigenvalue weighted by molar-refractivity contribution is 0.0458. The molecule has 0 spiro atoms. The molecule has 2 aromatic heterocycles. The van der Waals surface area contributed by atoms with E-state index in [4.69, 9.17) is 9.47 Å². The van der Waals surface area contributed by atoms with Gasteiger partial charge in [0, 0.05) is 13.1 Å². The van der Waals surface area contributed by atoms with Gasteiger partial charge in [-0.2, -0.15) is 0 Å². The highest BCUT2D eigenvalue weighted by Crippen LogP contribution is 2.20. The van der Waals surface area contributed by atoms with Crippen molar-refractivity contribution in [3.63, 3.8) is 0 Å². The van der Waals surface area contributed by atoms with Crippen molar-refractivity contribution in [2.75, 3.05) is 7.11 Å². The Labute approximate surface area is 173 Å². The first-order valence-corrected chi connectivity index (χ1v) is 9.95. The standard InChI is InChI=1S/C21H26N4O5/c1-5-7-10-25-18-17(19(26)23-21(25)28)24(6-2)16(22-18)12-30-20(27)14-9-8-13(3)15(11-14)29-4/h8-9,11H,5-7,10,12H2,1-4H3,(H,23,26,28). The van der Waals surface area contributed by atoms with Gasteiger partial charge in [-0.3, -0.25) is 14.3 Å². The Morgan fingerprint density at radius 3 is 2.63 bits per heavy atom. The predicted octanol–water partition coefficient (Wildman–Crippen LogP) is 2.38. The Hall–Kier alpha value is -3.36. The van der Waals surface area contributed by atoms with Crippen molar-refractivity contribution in [2.45, 2.75) is 53.3 Å². The van der Waals surface area contributed by atoms with Crippen molar-refractivity contribution >= 4 is 17.1 Å². The molecular weight excluding hydrogens is 388 g/mol. The Balaban J connectivity index is 1.94. The zero-order valence-corrected chi connectivity index (χ0v) is 17.7. The number of carbonyl (C=O) groups is 1. The summed E-state index contributed by atoms with van der Waals surface area (Å²) >= 11 is 0. The monoisotopic (exact) mass is 414 g/mol. The first-order valence-electron chi connectivity index (χ1n) is 9.95. The topological polar surface area (TPSA) is 108 Å². The molecule has 0 aliphatic carbocycles. The van der Waals surface area contributed by atoms with Gasteiger partial charge < -0.3 is 14.0 Å². The highest BCUT2D eigenvalue weighted by Gasteiger charge is 2.19. The number of aromatic amines is 1. The second kappa shape index (κ2) is 8.98. The summed E-state index contributed by atoms with van der Waals surface area (Å²) in [6.45, 7) is 6.52. The SMILES string of the molecule is CCCCn1c(=O)[nH]c(=O)c2c1nc(COC(=O)c1ccc(C)c(OC)c1)n2CC. The summed E-state index contributed by atoms with van der Waals surface area (Å²) in [6.07, 6.45) is 1.67. The van der Waals surface area contributed by atoms with Crippen molar-refractivity contribution in [1.29, 1.82) is 0 Å². The quantitative estimate of drug-likeness (QED) is 0.567.